The summed E-state index contributed by atoms with van der Waals surface area (Å²) < 4.78 is 5.21. The van der Waals surface area contributed by atoms with Crippen molar-refractivity contribution in [1.82, 2.24) is 0 Å². The Kier molecular flexibility index (Phi) is 6.64. The first-order valence-corrected chi connectivity index (χ1v) is 9.71. The van der Waals surface area contributed by atoms with E-state index in [-0.39, 0.29) is 11.9 Å². The first-order chi connectivity index (χ1) is 13.6. The Morgan fingerprint density at radius 3 is 2.54 bits per heavy atom. The van der Waals surface area contributed by atoms with Gasteiger partial charge in [0, 0.05) is 17.3 Å². The van der Waals surface area contributed by atoms with Crippen LogP contribution in [-0.2, 0) is 11.3 Å². The van der Waals surface area contributed by atoms with Crippen LogP contribution in [0.3, 0.4) is 0 Å². The van der Waals surface area contributed by atoms with Crippen LogP contribution >= 0.6 is 0 Å². The summed E-state index contributed by atoms with van der Waals surface area (Å²) in [4.78, 5) is 15.5. The fourth-order valence-corrected chi connectivity index (χ4v) is 3.66. The second-order valence-electron chi connectivity index (χ2n) is 7.34. The molecule has 0 radical (unpaired) electrons. The largest absolute Gasteiger partial charge is 0.497 e. The first-order valence-electron chi connectivity index (χ1n) is 9.71. The van der Waals surface area contributed by atoms with E-state index >= 15 is 0 Å². The average molecular weight is 380 g/mol. The maximum Gasteiger partial charge on any atom is 0.282 e. The molecule has 1 atom stereocenters. The lowest BCUT2D eigenvalue weighted by atomic mass is 10.1. The van der Waals surface area contributed by atoms with E-state index in [0.29, 0.717) is 5.56 Å². The number of carbonyl (C=O) groups excluding carboxylic acids is 1. The van der Waals surface area contributed by atoms with Crippen LogP contribution in [0.15, 0.2) is 48.5 Å². The summed E-state index contributed by atoms with van der Waals surface area (Å²) in [6.07, 6.45) is 0. The number of rotatable bonds is 6. The Hall–Kier alpha value is -2.88. The van der Waals surface area contributed by atoms with Gasteiger partial charge >= 0.3 is 0 Å². The van der Waals surface area contributed by atoms with Gasteiger partial charge in [0.15, 0.2) is 6.04 Å². The molecule has 1 fully saturated rings. The van der Waals surface area contributed by atoms with Crippen LogP contribution in [0.1, 0.15) is 18.1 Å². The van der Waals surface area contributed by atoms with Gasteiger partial charge in [-0.2, -0.15) is 5.26 Å². The fraction of sp³-hybridized carbons (Fsp3) is 0.364. The molecule has 3 rings (SSSR count). The number of piperazine rings is 1. The van der Waals surface area contributed by atoms with Crippen LogP contribution in [0, 0.1) is 11.3 Å². The van der Waals surface area contributed by atoms with Gasteiger partial charge in [0.2, 0.25) is 0 Å². The average Bonchev–Trinajstić information content (AvgIpc) is 2.74. The van der Waals surface area contributed by atoms with Gasteiger partial charge in [0.25, 0.3) is 5.91 Å². The van der Waals surface area contributed by atoms with E-state index in [1.54, 1.807) is 7.11 Å². The predicted octanol–water partition coefficient (Wildman–Crippen LogP) is -0.123. The zero-order chi connectivity index (χ0) is 19.9. The molecule has 2 aromatic carbocycles. The Labute approximate surface area is 166 Å². The molecule has 1 amide bonds. The third kappa shape index (κ3) is 5.10. The highest BCUT2D eigenvalue weighted by molar-refractivity contribution is 5.93. The van der Waals surface area contributed by atoms with Crippen LogP contribution in [0.4, 0.5) is 5.69 Å². The van der Waals surface area contributed by atoms with Crippen molar-refractivity contribution in [2.45, 2.75) is 19.5 Å². The Bertz CT molecular complexity index is 836. The van der Waals surface area contributed by atoms with Crippen molar-refractivity contribution in [2.24, 2.45) is 0 Å². The first kappa shape index (κ1) is 19.9. The molecule has 28 heavy (non-hydrogen) atoms. The number of nitriles is 1. The second-order valence-corrected chi connectivity index (χ2v) is 7.34. The SMILES string of the molecule is COc1cccc(NC(=O)[C@H](C)[NH+]2CC[NH+](Cc3ccc(C#N)cc3)CC2)c1. The molecule has 1 saturated heterocycles. The standard InChI is InChI=1S/C22H26N4O2/c1-17(22(27)24-20-4-3-5-21(14-20)28-2)26-12-10-25(11-13-26)16-19-8-6-18(15-23)7-9-19/h3-9,14,17H,10-13,16H2,1-2H3,(H,24,27)/p+2/t17-/m0/s1. The molecule has 0 saturated carbocycles. The van der Waals surface area contributed by atoms with Crippen LogP contribution in [-0.4, -0.2) is 45.2 Å². The van der Waals surface area contributed by atoms with Crippen molar-refractivity contribution in [3.63, 3.8) is 0 Å². The molecule has 6 nitrogen and oxygen atoms in total. The zero-order valence-corrected chi connectivity index (χ0v) is 16.5. The number of nitrogens with one attached hydrogen (secondary N) is 3. The van der Waals surface area contributed by atoms with Crippen molar-refractivity contribution >= 4 is 11.6 Å². The molecule has 2 aromatic rings. The van der Waals surface area contributed by atoms with E-state index in [0.717, 1.165) is 44.2 Å². The smallest absolute Gasteiger partial charge is 0.282 e. The fourth-order valence-electron chi connectivity index (χ4n) is 3.66. The highest BCUT2D eigenvalue weighted by Crippen LogP contribution is 2.16. The molecule has 0 aliphatic carbocycles. The quantitative estimate of drug-likeness (QED) is 0.654. The summed E-state index contributed by atoms with van der Waals surface area (Å²) in [6, 6.07) is 17.3. The van der Waals surface area contributed by atoms with E-state index < -0.39 is 0 Å². The number of ether oxygens (including phenoxy) is 1. The lowest BCUT2D eigenvalue weighted by molar-refractivity contribution is -1.02. The number of carbonyl (C=O) groups is 1. The molecule has 0 bridgehead atoms. The lowest BCUT2D eigenvalue weighted by Gasteiger charge is -2.32. The highest BCUT2D eigenvalue weighted by atomic mass is 16.5. The Morgan fingerprint density at radius 1 is 1.18 bits per heavy atom. The maximum atomic E-state index is 12.6. The minimum absolute atomic E-state index is 0.0406. The molecule has 1 aliphatic rings. The van der Waals surface area contributed by atoms with E-state index in [1.165, 1.54) is 15.4 Å². The van der Waals surface area contributed by atoms with Gasteiger partial charge in [-0.15, -0.1) is 0 Å². The van der Waals surface area contributed by atoms with Crippen LogP contribution in [0.2, 0.25) is 0 Å². The van der Waals surface area contributed by atoms with Crippen LogP contribution < -0.4 is 19.9 Å². The number of quaternary nitrogens is 2. The number of methoxy groups -OCH3 is 1. The third-order valence-corrected chi connectivity index (χ3v) is 5.48. The van der Waals surface area contributed by atoms with Crippen molar-refractivity contribution in [3.05, 3.63) is 59.7 Å². The van der Waals surface area contributed by atoms with Crippen LogP contribution in [0.5, 0.6) is 5.75 Å². The maximum absolute atomic E-state index is 12.6. The molecular weight excluding hydrogens is 352 g/mol. The summed E-state index contributed by atoms with van der Waals surface area (Å²) in [5, 5.41) is 11.9. The molecule has 0 spiro atoms. The van der Waals surface area contributed by atoms with Gasteiger partial charge in [-0.1, -0.05) is 18.2 Å². The Balaban J connectivity index is 1.49. The summed E-state index contributed by atoms with van der Waals surface area (Å²) in [5.74, 6) is 0.775. The molecular formula is C22H28N4O2+2. The number of nitrogens with zero attached hydrogens (tertiary/aromatic N) is 1. The predicted molar refractivity (Wildman–Crippen MR) is 107 cm³/mol. The second kappa shape index (κ2) is 9.36. The third-order valence-electron chi connectivity index (χ3n) is 5.48. The topological polar surface area (TPSA) is 71.0 Å². The van der Waals surface area contributed by atoms with E-state index in [4.69, 9.17) is 10.00 Å². The molecule has 146 valence electrons. The highest BCUT2D eigenvalue weighted by Gasteiger charge is 2.31. The van der Waals surface area contributed by atoms with E-state index in [2.05, 4.69) is 11.4 Å². The monoisotopic (exact) mass is 380 g/mol. The zero-order valence-electron chi connectivity index (χ0n) is 16.5. The number of amides is 1. The summed E-state index contributed by atoms with van der Waals surface area (Å²) in [7, 11) is 1.62. The molecule has 1 heterocycles. The van der Waals surface area contributed by atoms with Gasteiger partial charge in [0.05, 0.1) is 18.7 Å². The van der Waals surface area contributed by atoms with Crippen molar-refractivity contribution < 1.29 is 19.3 Å². The van der Waals surface area contributed by atoms with Crippen molar-refractivity contribution in [1.29, 1.82) is 5.26 Å². The van der Waals surface area contributed by atoms with Crippen LogP contribution in [0.25, 0.3) is 0 Å². The number of hydrogen-bond acceptors (Lipinski definition) is 3. The van der Waals surface area contributed by atoms with Gasteiger partial charge < -0.3 is 19.9 Å². The number of anilines is 1. The Morgan fingerprint density at radius 2 is 1.89 bits per heavy atom. The molecule has 6 heteroatoms. The van der Waals surface area contributed by atoms with Gasteiger partial charge in [-0.3, -0.25) is 4.79 Å². The van der Waals surface area contributed by atoms with E-state index in [9.17, 15) is 4.79 Å². The number of benzene rings is 2. The van der Waals surface area contributed by atoms with Crippen molar-refractivity contribution in [3.8, 4) is 11.8 Å². The van der Waals surface area contributed by atoms with E-state index in [1.807, 2.05) is 55.5 Å². The molecule has 1 aliphatic heterocycles. The molecule has 0 unspecified atom stereocenters. The number of hydrogen-bond donors (Lipinski definition) is 3. The summed E-state index contributed by atoms with van der Waals surface area (Å²) in [6.45, 7) is 6.97. The van der Waals surface area contributed by atoms with Crippen molar-refractivity contribution in [2.75, 3.05) is 38.6 Å². The van der Waals surface area contributed by atoms with Gasteiger partial charge in [-0.05, 0) is 31.2 Å². The van der Waals surface area contributed by atoms with Gasteiger partial charge in [0.1, 0.15) is 38.5 Å². The van der Waals surface area contributed by atoms with Gasteiger partial charge in [-0.25, -0.2) is 0 Å². The summed E-state index contributed by atoms with van der Waals surface area (Å²) in [5.41, 5.74) is 2.71. The molecule has 3 N–H and O–H groups in total. The lowest BCUT2D eigenvalue weighted by Crippen LogP contribution is -3.29. The minimum atomic E-state index is -0.0948. The normalized spacial score (nSPS) is 20.0. The summed E-state index contributed by atoms with van der Waals surface area (Å²) >= 11 is 0. The minimum Gasteiger partial charge on any atom is -0.497 e. The molecule has 0 aromatic heterocycles.